The number of nitriles is 1. The highest BCUT2D eigenvalue weighted by Crippen LogP contribution is 2.07. The van der Waals surface area contributed by atoms with Crippen LogP contribution in [0.3, 0.4) is 0 Å². The molecule has 2 atom stereocenters. The first kappa shape index (κ1) is 14.8. The molecule has 0 heterocycles. The fourth-order valence-electron chi connectivity index (χ4n) is 1.46. The Bertz CT molecular complexity index is 238. The molecule has 0 aliphatic carbocycles. The van der Waals surface area contributed by atoms with Gasteiger partial charge in [0.1, 0.15) is 0 Å². The van der Waals surface area contributed by atoms with Crippen LogP contribution < -0.4 is 5.32 Å². The minimum atomic E-state index is -0.637. The maximum absolute atomic E-state index is 10.4. The number of nitrogens with one attached hydrogen (secondary N) is 1. The summed E-state index contributed by atoms with van der Waals surface area (Å²) in [5.41, 5.74) is 0. The fraction of sp³-hybridized carbons (Fsp3) is 0.909. The van der Waals surface area contributed by atoms with Gasteiger partial charge in [-0.25, -0.2) is 0 Å². The van der Waals surface area contributed by atoms with Crippen LogP contribution in [0.4, 0.5) is 0 Å². The van der Waals surface area contributed by atoms with Crippen molar-refractivity contribution in [3.8, 4) is 6.07 Å². The molecule has 0 aromatic rings. The van der Waals surface area contributed by atoms with Crippen molar-refractivity contribution in [2.75, 3.05) is 13.1 Å². The Balaban J connectivity index is 3.68. The lowest BCUT2D eigenvalue weighted by molar-refractivity contribution is -0.519. The van der Waals surface area contributed by atoms with Crippen LogP contribution in [0.25, 0.3) is 0 Å². The third kappa shape index (κ3) is 7.18. The largest absolute Gasteiger partial charge is 0.315 e. The number of hydrogen-bond donors (Lipinski definition) is 1. The van der Waals surface area contributed by atoms with E-state index in [0.717, 1.165) is 13.0 Å². The van der Waals surface area contributed by atoms with Crippen molar-refractivity contribution in [1.29, 1.82) is 5.26 Å². The lowest BCUT2D eigenvalue weighted by atomic mass is 10.0. The zero-order valence-corrected chi connectivity index (χ0v) is 10.1. The van der Waals surface area contributed by atoms with E-state index in [2.05, 4.69) is 18.3 Å². The standard InChI is InChI=1S/C11H21N3O2/c1-3-4-5-6-13-9-11(8-12)7-10(2)14(15)16/h10-11,13H,3-7,9H2,1-2H3. The van der Waals surface area contributed by atoms with E-state index >= 15 is 0 Å². The molecular weight excluding hydrogens is 206 g/mol. The number of unbranched alkanes of at least 4 members (excludes halogenated alkanes) is 2. The smallest absolute Gasteiger partial charge is 0.211 e. The average Bonchev–Trinajstić information content (AvgIpc) is 2.26. The van der Waals surface area contributed by atoms with E-state index in [9.17, 15) is 10.1 Å². The van der Waals surface area contributed by atoms with Gasteiger partial charge in [0.25, 0.3) is 0 Å². The zero-order valence-electron chi connectivity index (χ0n) is 10.1. The second kappa shape index (κ2) is 9.10. The Morgan fingerprint density at radius 2 is 2.19 bits per heavy atom. The predicted molar refractivity (Wildman–Crippen MR) is 62.6 cm³/mol. The van der Waals surface area contributed by atoms with Crippen LogP contribution in [0.1, 0.15) is 39.5 Å². The molecule has 0 aromatic heterocycles. The van der Waals surface area contributed by atoms with Crippen molar-refractivity contribution in [2.24, 2.45) is 5.92 Å². The molecule has 0 fully saturated rings. The van der Waals surface area contributed by atoms with Gasteiger partial charge in [-0.15, -0.1) is 0 Å². The molecule has 0 radical (unpaired) electrons. The molecule has 0 aliphatic rings. The van der Waals surface area contributed by atoms with Crippen molar-refractivity contribution < 1.29 is 4.92 Å². The van der Waals surface area contributed by atoms with Gasteiger partial charge in [-0.1, -0.05) is 19.8 Å². The molecule has 0 spiro atoms. The first-order valence-corrected chi connectivity index (χ1v) is 5.85. The van der Waals surface area contributed by atoms with Gasteiger partial charge in [-0.3, -0.25) is 10.1 Å². The van der Waals surface area contributed by atoms with Gasteiger partial charge >= 0.3 is 0 Å². The Hall–Kier alpha value is -1.15. The van der Waals surface area contributed by atoms with Crippen LogP contribution in [0.15, 0.2) is 0 Å². The molecule has 0 bridgehead atoms. The van der Waals surface area contributed by atoms with E-state index in [1.807, 2.05) is 0 Å². The van der Waals surface area contributed by atoms with Crippen molar-refractivity contribution >= 4 is 0 Å². The summed E-state index contributed by atoms with van der Waals surface area (Å²) in [6.45, 7) is 5.12. The van der Waals surface area contributed by atoms with Gasteiger partial charge in [-0.2, -0.15) is 5.26 Å². The van der Waals surface area contributed by atoms with Crippen LogP contribution >= 0.6 is 0 Å². The minimum absolute atomic E-state index is 0.262. The van der Waals surface area contributed by atoms with Crippen molar-refractivity contribution in [1.82, 2.24) is 5.32 Å². The van der Waals surface area contributed by atoms with Gasteiger partial charge in [-0.05, 0) is 13.0 Å². The van der Waals surface area contributed by atoms with E-state index in [0.29, 0.717) is 13.0 Å². The highest BCUT2D eigenvalue weighted by molar-refractivity contribution is 4.85. The maximum Gasteiger partial charge on any atom is 0.211 e. The van der Waals surface area contributed by atoms with Gasteiger partial charge in [0.15, 0.2) is 0 Å². The lowest BCUT2D eigenvalue weighted by Gasteiger charge is -2.11. The van der Waals surface area contributed by atoms with E-state index in [-0.39, 0.29) is 10.8 Å². The molecule has 0 rings (SSSR count). The van der Waals surface area contributed by atoms with Crippen molar-refractivity contribution in [2.45, 2.75) is 45.6 Å². The average molecular weight is 227 g/mol. The summed E-state index contributed by atoms with van der Waals surface area (Å²) in [7, 11) is 0. The van der Waals surface area contributed by atoms with E-state index in [4.69, 9.17) is 5.26 Å². The fourth-order valence-corrected chi connectivity index (χ4v) is 1.46. The van der Waals surface area contributed by atoms with Crippen molar-refractivity contribution in [3.05, 3.63) is 10.1 Å². The number of nitro groups is 1. The molecule has 16 heavy (non-hydrogen) atoms. The van der Waals surface area contributed by atoms with Gasteiger partial charge in [0, 0.05) is 24.8 Å². The first-order valence-electron chi connectivity index (χ1n) is 5.85. The van der Waals surface area contributed by atoms with Gasteiger partial charge in [0.2, 0.25) is 6.04 Å². The molecule has 92 valence electrons. The summed E-state index contributed by atoms with van der Waals surface area (Å²) in [5, 5.41) is 22.5. The molecule has 5 nitrogen and oxygen atoms in total. The number of nitrogens with zero attached hydrogens (tertiary/aromatic N) is 2. The molecule has 5 heteroatoms. The molecular formula is C11H21N3O2. The van der Waals surface area contributed by atoms with Crippen LogP contribution in [0.2, 0.25) is 0 Å². The van der Waals surface area contributed by atoms with E-state index in [1.54, 1.807) is 6.92 Å². The molecule has 1 N–H and O–H groups in total. The van der Waals surface area contributed by atoms with Crippen molar-refractivity contribution in [3.63, 3.8) is 0 Å². The topological polar surface area (TPSA) is 79.0 Å². The molecule has 0 aromatic carbocycles. The normalized spacial score (nSPS) is 14.1. The number of hydrogen-bond acceptors (Lipinski definition) is 4. The number of rotatable bonds is 9. The minimum Gasteiger partial charge on any atom is -0.315 e. The van der Waals surface area contributed by atoms with Crippen LogP contribution in [0, 0.1) is 27.4 Å². The third-order valence-corrected chi connectivity index (χ3v) is 2.52. The molecule has 0 saturated heterocycles. The third-order valence-electron chi connectivity index (χ3n) is 2.52. The monoisotopic (exact) mass is 227 g/mol. The molecule has 2 unspecified atom stereocenters. The Morgan fingerprint density at radius 1 is 1.50 bits per heavy atom. The van der Waals surface area contributed by atoms with Crippen LogP contribution in [-0.2, 0) is 0 Å². The molecule has 0 aliphatic heterocycles. The van der Waals surface area contributed by atoms with Crippen LogP contribution in [0.5, 0.6) is 0 Å². The summed E-state index contributed by atoms with van der Waals surface area (Å²) in [6.07, 6.45) is 3.76. The first-order chi connectivity index (χ1) is 7.61. The summed E-state index contributed by atoms with van der Waals surface area (Å²) in [6, 6.07) is 1.47. The highest BCUT2D eigenvalue weighted by Gasteiger charge is 2.19. The maximum atomic E-state index is 10.4. The van der Waals surface area contributed by atoms with Crippen LogP contribution in [-0.4, -0.2) is 24.1 Å². The predicted octanol–water partition coefficient (Wildman–Crippen LogP) is 1.96. The zero-order chi connectivity index (χ0) is 12.4. The molecule has 0 saturated carbocycles. The Kier molecular flexibility index (Phi) is 8.45. The molecule has 0 amide bonds. The van der Waals surface area contributed by atoms with Gasteiger partial charge in [0.05, 0.1) is 12.0 Å². The van der Waals surface area contributed by atoms with Gasteiger partial charge < -0.3 is 5.32 Å². The van der Waals surface area contributed by atoms with E-state index in [1.165, 1.54) is 12.8 Å². The SMILES string of the molecule is CCCCCNCC(C#N)CC(C)[N+](=O)[O-]. The Morgan fingerprint density at radius 3 is 2.69 bits per heavy atom. The highest BCUT2D eigenvalue weighted by atomic mass is 16.6. The summed E-state index contributed by atoms with van der Waals surface area (Å²) >= 11 is 0. The summed E-state index contributed by atoms with van der Waals surface area (Å²) in [4.78, 5) is 10.1. The summed E-state index contributed by atoms with van der Waals surface area (Å²) in [5.74, 6) is -0.262. The summed E-state index contributed by atoms with van der Waals surface area (Å²) < 4.78 is 0. The lowest BCUT2D eigenvalue weighted by Crippen LogP contribution is -2.27. The second-order valence-corrected chi connectivity index (χ2v) is 4.11. The quantitative estimate of drug-likeness (QED) is 0.371. The van der Waals surface area contributed by atoms with E-state index < -0.39 is 6.04 Å². The Labute approximate surface area is 97.0 Å². The second-order valence-electron chi connectivity index (χ2n) is 4.11.